The lowest BCUT2D eigenvalue weighted by Gasteiger charge is -2.26. The van der Waals surface area contributed by atoms with Gasteiger partial charge in [0, 0.05) is 6.61 Å². The fourth-order valence-corrected chi connectivity index (χ4v) is 1.38. The van der Waals surface area contributed by atoms with Crippen LogP contribution >= 0.6 is 0 Å². The summed E-state index contributed by atoms with van der Waals surface area (Å²) in [5.41, 5.74) is 0. The summed E-state index contributed by atoms with van der Waals surface area (Å²) in [4.78, 5) is 11.1. The number of ether oxygens (including phenoxy) is 2. The predicted octanol–water partition coefficient (Wildman–Crippen LogP) is 0.974. The van der Waals surface area contributed by atoms with Gasteiger partial charge in [-0.05, 0) is 19.8 Å². The smallest absolute Gasteiger partial charge is 0.311 e. The van der Waals surface area contributed by atoms with E-state index in [-0.39, 0.29) is 18.0 Å². The van der Waals surface area contributed by atoms with Crippen molar-refractivity contribution in [3.63, 3.8) is 0 Å². The molecule has 1 aliphatic rings. The molecule has 1 fully saturated rings. The molecule has 3 heteroatoms. The van der Waals surface area contributed by atoms with Gasteiger partial charge in [0.05, 0.1) is 19.1 Å². The highest BCUT2D eigenvalue weighted by Crippen LogP contribution is 2.21. The summed E-state index contributed by atoms with van der Waals surface area (Å²) in [7, 11) is 1.42. The molecule has 1 aliphatic heterocycles. The maximum Gasteiger partial charge on any atom is 0.311 e. The monoisotopic (exact) mass is 158 g/mol. The Bertz CT molecular complexity index is 144. The minimum atomic E-state index is -0.141. The Morgan fingerprint density at radius 3 is 2.91 bits per heavy atom. The van der Waals surface area contributed by atoms with Crippen molar-refractivity contribution in [3.8, 4) is 0 Å². The fraction of sp³-hybridized carbons (Fsp3) is 0.875. The van der Waals surface area contributed by atoms with Gasteiger partial charge in [-0.3, -0.25) is 4.79 Å². The highest BCUT2D eigenvalue weighted by atomic mass is 16.5. The van der Waals surface area contributed by atoms with Crippen molar-refractivity contribution in [1.82, 2.24) is 0 Å². The SMILES string of the molecule is COC(=O)[C@@H]1CCCO[C@@H]1C. The Morgan fingerprint density at radius 1 is 1.64 bits per heavy atom. The number of hydrogen-bond acceptors (Lipinski definition) is 3. The van der Waals surface area contributed by atoms with Gasteiger partial charge >= 0.3 is 5.97 Å². The summed E-state index contributed by atoms with van der Waals surface area (Å²) in [6, 6.07) is 0. The molecule has 1 heterocycles. The third kappa shape index (κ3) is 1.93. The number of methoxy groups -OCH3 is 1. The summed E-state index contributed by atoms with van der Waals surface area (Å²) < 4.78 is 9.95. The van der Waals surface area contributed by atoms with E-state index in [4.69, 9.17) is 4.74 Å². The first-order valence-corrected chi connectivity index (χ1v) is 3.95. The molecule has 3 nitrogen and oxygen atoms in total. The van der Waals surface area contributed by atoms with Gasteiger partial charge in [0.1, 0.15) is 0 Å². The van der Waals surface area contributed by atoms with Gasteiger partial charge in [-0.25, -0.2) is 0 Å². The topological polar surface area (TPSA) is 35.5 Å². The Balaban J connectivity index is 2.47. The third-order valence-electron chi connectivity index (χ3n) is 2.11. The minimum absolute atomic E-state index is 0.0243. The van der Waals surface area contributed by atoms with Gasteiger partial charge in [-0.15, -0.1) is 0 Å². The Hall–Kier alpha value is -0.570. The molecular formula is C8H14O3. The molecule has 0 aromatic rings. The van der Waals surface area contributed by atoms with Gasteiger partial charge in [0.25, 0.3) is 0 Å². The van der Waals surface area contributed by atoms with Crippen molar-refractivity contribution >= 4 is 5.97 Å². The van der Waals surface area contributed by atoms with Crippen molar-refractivity contribution in [2.45, 2.75) is 25.9 Å². The molecule has 2 atom stereocenters. The van der Waals surface area contributed by atoms with E-state index in [2.05, 4.69) is 4.74 Å². The van der Waals surface area contributed by atoms with Crippen molar-refractivity contribution in [1.29, 1.82) is 0 Å². The van der Waals surface area contributed by atoms with Crippen LogP contribution in [0.3, 0.4) is 0 Å². The average Bonchev–Trinajstić information content (AvgIpc) is 2.04. The Labute approximate surface area is 66.7 Å². The summed E-state index contributed by atoms with van der Waals surface area (Å²) in [6.45, 7) is 2.69. The van der Waals surface area contributed by atoms with Crippen LogP contribution < -0.4 is 0 Å². The quantitative estimate of drug-likeness (QED) is 0.533. The lowest BCUT2D eigenvalue weighted by atomic mass is 9.96. The highest BCUT2D eigenvalue weighted by molar-refractivity contribution is 5.72. The Kier molecular flexibility index (Phi) is 2.88. The highest BCUT2D eigenvalue weighted by Gasteiger charge is 2.28. The summed E-state index contributed by atoms with van der Waals surface area (Å²) >= 11 is 0. The molecule has 0 bridgehead atoms. The van der Waals surface area contributed by atoms with E-state index in [0.29, 0.717) is 0 Å². The molecule has 1 rings (SSSR count). The van der Waals surface area contributed by atoms with E-state index in [9.17, 15) is 4.79 Å². The molecule has 0 radical (unpaired) electrons. The van der Waals surface area contributed by atoms with Crippen LogP contribution in [-0.2, 0) is 14.3 Å². The Morgan fingerprint density at radius 2 is 2.36 bits per heavy atom. The average molecular weight is 158 g/mol. The molecule has 0 aromatic heterocycles. The second-order valence-corrected chi connectivity index (χ2v) is 2.85. The largest absolute Gasteiger partial charge is 0.469 e. The summed E-state index contributed by atoms with van der Waals surface area (Å²) in [5.74, 6) is -0.189. The van der Waals surface area contributed by atoms with Crippen LogP contribution in [0.25, 0.3) is 0 Å². The molecule has 1 saturated heterocycles. The van der Waals surface area contributed by atoms with Crippen molar-refractivity contribution < 1.29 is 14.3 Å². The summed E-state index contributed by atoms with van der Waals surface area (Å²) in [6.07, 6.45) is 1.88. The van der Waals surface area contributed by atoms with E-state index >= 15 is 0 Å². The number of esters is 1. The van der Waals surface area contributed by atoms with Gasteiger partial charge in [-0.1, -0.05) is 0 Å². The molecule has 64 valence electrons. The zero-order valence-electron chi connectivity index (χ0n) is 7.00. The van der Waals surface area contributed by atoms with Gasteiger partial charge in [0.2, 0.25) is 0 Å². The molecule has 0 unspecified atom stereocenters. The van der Waals surface area contributed by atoms with Crippen LogP contribution in [0.1, 0.15) is 19.8 Å². The van der Waals surface area contributed by atoms with E-state index in [0.717, 1.165) is 19.4 Å². The van der Waals surface area contributed by atoms with E-state index in [1.807, 2.05) is 6.92 Å². The standard InChI is InChI=1S/C8H14O3/c1-6-7(8(9)10-2)4-3-5-11-6/h6-7H,3-5H2,1-2H3/t6-,7-/m1/s1. The zero-order valence-corrected chi connectivity index (χ0v) is 7.00. The van der Waals surface area contributed by atoms with Crippen molar-refractivity contribution in [2.75, 3.05) is 13.7 Å². The van der Waals surface area contributed by atoms with Crippen LogP contribution in [0, 0.1) is 5.92 Å². The van der Waals surface area contributed by atoms with Gasteiger partial charge < -0.3 is 9.47 Å². The molecule has 0 saturated carbocycles. The molecule has 11 heavy (non-hydrogen) atoms. The lowest BCUT2D eigenvalue weighted by molar-refractivity contribution is -0.154. The normalized spacial score (nSPS) is 31.5. The van der Waals surface area contributed by atoms with Crippen LogP contribution in [0.2, 0.25) is 0 Å². The van der Waals surface area contributed by atoms with Crippen molar-refractivity contribution in [3.05, 3.63) is 0 Å². The molecule has 0 aromatic carbocycles. The van der Waals surface area contributed by atoms with Crippen LogP contribution in [0.15, 0.2) is 0 Å². The molecule has 0 spiro atoms. The molecule has 0 aliphatic carbocycles. The second kappa shape index (κ2) is 3.72. The maximum atomic E-state index is 11.1. The van der Waals surface area contributed by atoms with Crippen LogP contribution in [-0.4, -0.2) is 25.8 Å². The van der Waals surface area contributed by atoms with Crippen LogP contribution in [0.4, 0.5) is 0 Å². The van der Waals surface area contributed by atoms with Crippen molar-refractivity contribution in [2.24, 2.45) is 5.92 Å². The van der Waals surface area contributed by atoms with Crippen LogP contribution in [0.5, 0.6) is 0 Å². The lowest BCUT2D eigenvalue weighted by Crippen LogP contribution is -2.33. The summed E-state index contributed by atoms with van der Waals surface area (Å²) in [5, 5.41) is 0. The molecular weight excluding hydrogens is 144 g/mol. The van der Waals surface area contributed by atoms with Gasteiger partial charge in [0.15, 0.2) is 0 Å². The second-order valence-electron chi connectivity index (χ2n) is 2.85. The zero-order chi connectivity index (χ0) is 8.27. The first-order valence-electron chi connectivity index (χ1n) is 3.95. The first-order chi connectivity index (χ1) is 5.25. The number of carbonyl (C=O) groups excluding carboxylic acids is 1. The fourth-order valence-electron chi connectivity index (χ4n) is 1.38. The first kappa shape index (κ1) is 8.53. The van der Waals surface area contributed by atoms with E-state index in [1.54, 1.807) is 0 Å². The molecule has 0 amide bonds. The minimum Gasteiger partial charge on any atom is -0.469 e. The predicted molar refractivity (Wildman–Crippen MR) is 40.2 cm³/mol. The number of carbonyl (C=O) groups is 1. The number of rotatable bonds is 1. The molecule has 0 N–H and O–H groups in total. The third-order valence-corrected chi connectivity index (χ3v) is 2.11. The van der Waals surface area contributed by atoms with Gasteiger partial charge in [-0.2, -0.15) is 0 Å². The number of hydrogen-bond donors (Lipinski definition) is 0. The van der Waals surface area contributed by atoms with E-state index in [1.165, 1.54) is 7.11 Å². The van der Waals surface area contributed by atoms with E-state index < -0.39 is 0 Å². The maximum absolute atomic E-state index is 11.1.